The van der Waals surface area contributed by atoms with Gasteiger partial charge in [0.15, 0.2) is 12.6 Å². The normalized spacial score (nSPS) is 29.0. The van der Waals surface area contributed by atoms with E-state index in [9.17, 15) is 10.2 Å². The summed E-state index contributed by atoms with van der Waals surface area (Å²) in [6, 6.07) is 0. The summed E-state index contributed by atoms with van der Waals surface area (Å²) in [7, 11) is 0.988. The van der Waals surface area contributed by atoms with Gasteiger partial charge in [0.05, 0.1) is 42.8 Å². The van der Waals surface area contributed by atoms with Crippen molar-refractivity contribution < 1.29 is 38.0 Å². The summed E-state index contributed by atoms with van der Waals surface area (Å²) >= 11 is 0. The summed E-state index contributed by atoms with van der Waals surface area (Å²) in [5.74, 6) is 0.326. The fourth-order valence-corrected chi connectivity index (χ4v) is 4.20. The van der Waals surface area contributed by atoms with E-state index in [0.29, 0.717) is 27.2 Å². The number of hydrogen-bond donors (Lipinski definition) is 4. The van der Waals surface area contributed by atoms with Gasteiger partial charge in [-0.05, 0) is 32.1 Å². The number of unbranched alkanes of at least 4 members (excludes halogenated alkanes) is 2. The zero-order valence-corrected chi connectivity index (χ0v) is 20.2. The monoisotopic (exact) mass is 490 g/mol. The molecule has 13 heteroatoms. The van der Waals surface area contributed by atoms with E-state index in [0.717, 1.165) is 58.3 Å². The SMILES string of the molecule is C1OC1OPC1CO1.NCN.OC(CCCCCC(O)POC1CC1)OPC1CO1. The Balaban J connectivity index is 0.000000238. The molecule has 4 fully saturated rings. The topological polar surface area (TPSA) is 158 Å². The Bertz CT molecular complexity index is 394. The summed E-state index contributed by atoms with van der Waals surface area (Å²) < 4.78 is 30.6. The van der Waals surface area contributed by atoms with Crippen LogP contribution in [0.15, 0.2) is 0 Å². The Kier molecular flexibility index (Phi) is 14.9. The fourth-order valence-electron chi connectivity index (χ4n) is 1.96. The summed E-state index contributed by atoms with van der Waals surface area (Å²) in [4.78, 5) is 0. The number of rotatable bonds is 15. The van der Waals surface area contributed by atoms with Gasteiger partial charge in [-0.2, -0.15) is 0 Å². The molecule has 3 saturated heterocycles. The maximum Gasteiger partial charge on any atom is 0.184 e. The Morgan fingerprint density at radius 3 is 2.03 bits per heavy atom. The minimum Gasteiger partial charge on any atom is -0.386 e. The molecule has 3 aliphatic heterocycles. The van der Waals surface area contributed by atoms with Gasteiger partial charge in [-0.3, -0.25) is 0 Å². The number of hydrogen-bond acceptors (Lipinski definition) is 10. The van der Waals surface area contributed by atoms with E-state index in [1.165, 1.54) is 0 Å². The van der Waals surface area contributed by atoms with E-state index in [4.69, 9.17) is 27.8 Å². The average molecular weight is 490 g/mol. The molecule has 0 amide bonds. The maximum absolute atomic E-state index is 9.69. The van der Waals surface area contributed by atoms with Crippen molar-refractivity contribution in [1.29, 1.82) is 0 Å². The van der Waals surface area contributed by atoms with Crippen LogP contribution in [0.2, 0.25) is 0 Å². The van der Waals surface area contributed by atoms with E-state index in [1.807, 2.05) is 0 Å². The molecule has 1 saturated carbocycles. The predicted molar refractivity (Wildman–Crippen MR) is 119 cm³/mol. The van der Waals surface area contributed by atoms with Crippen LogP contribution in [-0.2, 0) is 27.8 Å². The van der Waals surface area contributed by atoms with Gasteiger partial charge in [0, 0.05) is 15.5 Å². The van der Waals surface area contributed by atoms with Crippen molar-refractivity contribution >= 4 is 26.4 Å². The standard InChI is InChI=1S/C12H24O5P2.C4H7O3P.CH6N2/c13-10(17-19-12-8-15-12)4-2-1-3-5-11(14)18-16-9-6-7-9;1-3(5-1)7-8-4-2-6-4;2-1-3/h9-14,18-19H,1-8H2;3-4,8H,1-2H2;1-3H2. The molecule has 0 radical (unpaired) electrons. The highest BCUT2D eigenvalue weighted by Gasteiger charge is 2.29. The minimum atomic E-state index is -0.660. The quantitative estimate of drug-likeness (QED) is 0.115. The number of ether oxygens (including phenoxy) is 3. The van der Waals surface area contributed by atoms with Crippen molar-refractivity contribution in [3.8, 4) is 0 Å². The molecule has 178 valence electrons. The first-order chi connectivity index (χ1) is 14.6. The summed E-state index contributed by atoms with van der Waals surface area (Å²) in [5, 5.41) is 19.2. The Morgan fingerprint density at radius 1 is 0.867 bits per heavy atom. The van der Waals surface area contributed by atoms with Crippen LogP contribution < -0.4 is 11.5 Å². The van der Waals surface area contributed by atoms with Crippen LogP contribution >= 0.6 is 26.4 Å². The van der Waals surface area contributed by atoms with E-state index >= 15 is 0 Å². The predicted octanol–water partition coefficient (Wildman–Crippen LogP) is 1.48. The summed E-state index contributed by atoms with van der Waals surface area (Å²) in [5.41, 5.74) is 9.25. The lowest BCUT2D eigenvalue weighted by Crippen LogP contribution is -2.08. The molecule has 4 rings (SSSR count). The van der Waals surface area contributed by atoms with E-state index in [-0.39, 0.29) is 42.3 Å². The van der Waals surface area contributed by atoms with Gasteiger partial charge < -0.3 is 49.5 Å². The van der Waals surface area contributed by atoms with Crippen molar-refractivity contribution in [2.45, 2.75) is 81.2 Å². The highest BCUT2D eigenvalue weighted by atomic mass is 31.1. The molecule has 0 bridgehead atoms. The van der Waals surface area contributed by atoms with Gasteiger partial charge in [-0.1, -0.05) is 12.8 Å². The Labute approximate surface area is 184 Å². The first-order valence-corrected chi connectivity index (χ1v) is 13.4. The molecular weight excluding hydrogens is 453 g/mol. The molecule has 6 N–H and O–H groups in total. The molecule has 0 spiro atoms. The first kappa shape index (κ1) is 27.1. The lowest BCUT2D eigenvalue weighted by atomic mass is 10.1. The molecule has 3 heterocycles. The van der Waals surface area contributed by atoms with Crippen LogP contribution in [0.5, 0.6) is 0 Å². The van der Waals surface area contributed by atoms with Crippen molar-refractivity contribution in [2.75, 3.05) is 26.5 Å². The molecular formula is C17H37N2O8P3. The Morgan fingerprint density at radius 2 is 1.47 bits per heavy atom. The van der Waals surface area contributed by atoms with E-state index in [2.05, 4.69) is 11.5 Å². The van der Waals surface area contributed by atoms with Crippen LogP contribution in [0.4, 0.5) is 0 Å². The van der Waals surface area contributed by atoms with Crippen molar-refractivity contribution in [3.63, 3.8) is 0 Å². The molecule has 0 aromatic rings. The average Bonchev–Trinajstić information content (AvgIpc) is 3.59. The van der Waals surface area contributed by atoms with Crippen molar-refractivity contribution in [1.82, 2.24) is 0 Å². The number of aliphatic hydroxyl groups excluding tert-OH is 2. The molecule has 30 heavy (non-hydrogen) atoms. The van der Waals surface area contributed by atoms with Crippen LogP contribution in [0.1, 0.15) is 44.9 Å². The summed E-state index contributed by atoms with van der Waals surface area (Å²) in [6.45, 7) is 2.68. The van der Waals surface area contributed by atoms with Crippen molar-refractivity contribution in [2.24, 2.45) is 11.5 Å². The fraction of sp³-hybridized carbons (Fsp3) is 1.00. The summed E-state index contributed by atoms with van der Waals surface area (Å²) in [6.07, 6.45) is 6.56. The molecule has 10 nitrogen and oxygen atoms in total. The largest absolute Gasteiger partial charge is 0.386 e. The third kappa shape index (κ3) is 17.4. The minimum absolute atomic E-state index is 0.109. The lowest BCUT2D eigenvalue weighted by Gasteiger charge is -2.12. The third-order valence-electron chi connectivity index (χ3n) is 3.96. The second-order valence-electron chi connectivity index (χ2n) is 7.16. The first-order valence-electron chi connectivity index (χ1n) is 10.4. The Hall–Kier alpha value is 0.890. The second kappa shape index (κ2) is 16.5. The van der Waals surface area contributed by atoms with Gasteiger partial charge >= 0.3 is 0 Å². The van der Waals surface area contributed by atoms with Crippen molar-refractivity contribution in [3.05, 3.63) is 0 Å². The van der Waals surface area contributed by atoms with Gasteiger partial charge in [0.1, 0.15) is 18.3 Å². The highest BCUT2D eigenvalue weighted by molar-refractivity contribution is 7.33. The highest BCUT2D eigenvalue weighted by Crippen LogP contribution is 2.36. The lowest BCUT2D eigenvalue weighted by molar-refractivity contribution is -0.0140. The van der Waals surface area contributed by atoms with Gasteiger partial charge in [0.25, 0.3) is 0 Å². The van der Waals surface area contributed by atoms with Crippen LogP contribution in [0.3, 0.4) is 0 Å². The van der Waals surface area contributed by atoms with Gasteiger partial charge in [-0.25, -0.2) is 0 Å². The van der Waals surface area contributed by atoms with E-state index < -0.39 is 6.29 Å². The van der Waals surface area contributed by atoms with Crippen LogP contribution in [0.25, 0.3) is 0 Å². The molecule has 1 aliphatic carbocycles. The number of epoxide rings is 3. The number of nitrogens with two attached hydrogens (primary N) is 2. The zero-order chi connectivity index (χ0) is 21.6. The molecule has 8 atom stereocenters. The number of aliphatic hydroxyl groups is 2. The zero-order valence-electron chi connectivity index (χ0n) is 17.2. The molecule has 4 aliphatic rings. The van der Waals surface area contributed by atoms with Crippen LogP contribution in [-0.4, -0.2) is 72.9 Å². The van der Waals surface area contributed by atoms with E-state index in [1.54, 1.807) is 0 Å². The third-order valence-corrected chi connectivity index (χ3v) is 6.99. The van der Waals surface area contributed by atoms with Crippen LogP contribution in [0, 0.1) is 0 Å². The van der Waals surface area contributed by atoms with Gasteiger partial charge in [-0.15, -0.1) is 0 Å². The smallest absolute Gasteiger partial charge is 0.184 e. The molecule has 0 aromatic carbocycles. The maximum atomic E-state index is 9.69. The second-order valence-corrected chi connectivity index (χ2v) is 10.5. The molecule has 0 aromatic heterocycles. The molecule has 8 unspecified atom stereocenters. The van der Waals surface area contributed by atoms with Gasteiger partial charge in [0.2, 0.25) is 0 Å².